The lowest BCUT2D eigenvalue weighted by Gasteiger charge is -2.19. The molecule has 1 amide bonds. The minimum atomic E-state index is 0.0709. The van der Waals surface area contributed by atoms with Crippen molar-refractivity contribution in [2.24, 2.45) is 0 Å². The summed E-state index contributed by atoms with van der Waals surface area (Å²) in [4.78, 5) is 14.3. The second-order valence-corrected chi connectivity index (χ2v) is 5.45. The zero-order valence-corrected chi connectivity index (χ0v) is 13.4. The second-order valence-electron chi connectivity index (χ2n) is 5.02. The van der Waals surface area contributed by atoms with Crippen LogP contribution in [0.25, 0.3) is 11.1 Å². The minimum Gasteiger partial charge on any atom is -0.339 e. The number of halogens is 1. The summed E-state index contributed by atoms with van der Waals surface area (Å²) in [5.41, 5.74) is 3.95. The van der Waals surface area contributed by atoms with Crippen molar-refractivity contribution in [3.63, 3.8) is 0 Å². The zero-order chi connectivity index (χ0) is 15.4. The first-order valence-corrected chi connectivity index (χ1v) is 7.60. The van der Waals surface area contributed by atoms with E-state index in [1.165, 1.54) is 0 Å². The Hall–Kier alpha value is -1.80. The Bertz CT molecular complexity index is 647. The largest absolute Gasteiger partial charge is 0.339 e. The van der Waals surface area contributed by atoms with E-state index in [1.54, 1.807) is 0 Å². The Morgan fingerprint density at radius 3 is 2.48 bits per heavy atom. The van der Waals surface area contributed by atoms with Gasteiger partial charge < -0.3 is 4.90 Å². The summed E-state index contributed by atoms with van der Waals surface area (Å²) in [5, 5.41) is 0.705. The average Bonchev–Trinajstić information content (AvgIpc) is 2.51. The number of hydrogen-bond donors (Lipinski definition) is 0. The summed E-state index contributed by atoms with van der Waals surface area (Å²) in [6.07, 6.45) is 0. The molecule has 110 valence electrons. The van der Waals surface area contributed by atoms with Gasteiger partial charge in [0.25, 0.3) is 5.91 Å². The fourth-order valence-electron chi connectivity index (χ4n) is 2.42. The third kappa shape index (κ3) is 3.45. The molecule has 0 aliphatic carbocycles. The second kappa shape index (κ2) is 6.77. The molecule has 2 aromatic rings. The lowest BCUT2D eigenvalue weighted by Crippen LogP contribution is -2.30. The number of nitrogens with zero attached hydrogens (tertiary/aromatic N) is 1. The Morgan fingerprint density at radius 2 is 1.81 bits per heavy atom. The van der Waals surface area contributed by atoms with E-state index in [9.17, 15) is 4.79 Å². The highest BCUT2D eigenvalue weighted by Gasteiger charge is 2.13. The van der Waals surface area contributed by atoms with Crippen molar-refractivity contribution in [2.45, 2.75) is 20.8 Å². The van der Waals surface area contributed by atoms with Gasteiger partial charge in [-0.25, -0.2) is 0 Å². The van der Waals surface area contributed by atoms with Gasteiger partial charge in [0.2, 0.25) is 0 Å². The fourth-order valence-corrected chi connectivity index (χ4v) is 2.59. The average molecular weight is 302 g/mol. The molecule has 0 saturated heterocycles. The van der Waals surface area contributed by atoms with Crippen molar-refractivity contribution in [2.75, 3.05) is 13.1 Å². The van der Waals surface area contributed by atoms with E-state index in [0.717, 1.165) is 35.3 Å². The van der Waals surface area contributed by atoms with E-state index >= 15 is 0 Å². The van der Waals surface area contributed by atoms with Crippen LogP contribution >= 0.6 is 11.6 Å². The van der Waals surface area contributed by atoms with Gasteiger partial charge in [0.15, 0.2) is 0 Å². The van der Waals surface area contributed by atoms with E-state index in [4.69, 9.17) is 11.6 Å². The SMILES string of the molecule is CCN(CC)C(=O)c1cccc(-c2cc(Cl)ccc2C)c1. The van der Waals surface area contributed by atoms with Gasteiger partial charge in [0, 0.05) is 23.7 Å². The maximum Gasteiger partial charge on any atom is 0.253 e. The molecule has 0 aromatic heterocycles. The smallest absolute Gasteiger partial charge is 0.253 e. The van der Waals surface area contributed by atoms with E-state index in [0.29, 0.717) is 5.02 Å². The molecule has 3 heteroatoms. The van der Waals surface area contributed by atoms with Crippen LogP contribution in [0.2, 0.25) is 5.02 Å². The van der Waals surface area contributed by atoms with Crippen molar-refractivity contribution in [3.05, 3.63) is 58.6 Å². The molecule has 0 aliphatic heterocycles. The van der Waals surface area contributed by atoms with Crippen molar-refractivity contribution in [1.82, 2.24) is 4.90 Å². The van der Waals surface area contributed by atoms with Crippen LogP contribution in [-0.4, -0.2) is 23.9 Å². The minimum absolute atomic E-state index is 0.0709. The molecule has 0 N–H and O–H groups in total. The van der Waals surface area contributed by atoms with Crippen molar-refractivity contribution in [3.8, 4) is 11.1 Å². The molecule has 21 heavy (non-hydrogen) atoms. The molecule has 0 aliphatic rings. The predicted molar refractivity (Wildman–Crippen MR) is 88.9 cm³/mol. The van der Waals surface area contributed by atoms with Crippen LogP contribution in [0.3, 0.4) is 0 Å². The van der Waals surface area contributed by atoms with Gasteiger partial charge in [0.1, 0.15) is 0 Å². The molecule has 0 radical (unpaired) electrons. The first-order valence-electron chi connectivity index (χ1n) is 7.22. The molecule has 2 rings (SSSR count). The number of amides is 1. The third-order valence-corrected chi connectivity index (χ3v) is 3.91. The third-order valence-electron chi connectivity index (χ3n) is 3.67. The number of hydrogen-bond acceptors (Lipinski definition) is 1. The summed E-state index contributed by atoms with van der Waals surface area (Å²) >= 11 is 6.09. The molecule has 2 aromatic carbocycles. The Labute approximate surface area is 131 Å². The maximum atomic E-state index is 12.4. The molecular weight excluding hydrogens is 282 g/mol. The molecule has 0 spiro atoms. The topological polar surface area (TPSA) is 20.3 Å². The number of rotatable bonds is 4. The van der Waals surface area contributed by atoms with Crippen molar-refractivity contribution >= 4 is 17.5 Å². The highest BCUT2D eigenvalue weighted by atomic mass is 35.5. The van der Waals surface area contributed by atoms with Gasteiger partial charge in [-0.15, -0.1) is 0 Å². The molecule has 0 fully saturated rings. The summed E-state index contributed by atoms with van der Waals surface area (Å²) in [6.45, 7) is 7.47. The number of carbonyl (C=O) groups is 1. The number of carbonyl (C=O) groups excluding carboxylic acids is 1. The number of aryl methyl sites for hydroxylation is 1. The number of benzene rings is 2. The normalized spacial score (nSPS) is 10.5. The van der Waals surface area contributed by atoms with Crippen LogP contribution in [0.15, 0.2) is 42.5 Å². The van der Waals surface area contributed by atoms with Crippen LogP contribution < -0.4 is 0 Å². The Morgan fingerprint density at radius 1 is 1.10 bits per heavy atom. The Balaban J connectivity index is 2.42. The van der Waals surface area contributed by atoms with Crippen LogP contribution in [-0.2, 0) is 0 Å². The molecule has 0 saturated carbocycles. The van der Waals surface area contributed by atoms with Crippen molar-refractivity contribution in [1.29, 1.82) is 0 Å². The molecule has 0 bridgehead atoms. The summed E-state index contributed by atoms with van der Waals surface area (Å²) in [5.74, 6) is 0.0709. The molecule has 2 nitrogen and oxygen atoms in total. The first kappa shape index (κ1) is 15.6. The van der Waals surface area contributed by atoms with Gasteiger partial charge in [-0.05, 0) is 61.7 Å². The lowest BCUT2D eigenvalue weighted by atomic mass is 9.98. The van der Waals surface area contributed by atoms with E-state index in [1.807, 2.05) is 68.1 Å². The summed E-state index contributed by atoms with van der Waals surface area (Å²) in [7, 11) is 0. The van der Waals surface area contributed by atoms with E-state index in [-0.39, 0.29) is 5.91 Å². The lowest BCUT2D eigenvalue weighted by molar-refractivity contribution is 0.0773. The molecule has 0 heterocycles. The standard InChI is InChI=1S/C18H20ClNO/c1-4-20(5-2)18(21)15-8-6-7-14(11-15)17-12-16(19)10-9-13(17)3/h6-12H,4-5H2,1-3H3. The fraction of sp³-hybridized carbons (Fsp3) is 0.278. The van der Waals surface area contributed by atoms with E-state index in [2.05, 4.69) is 0 Å². The molecule has 0 atom stereocenters. The quantitative estimate of drug-likeness (QED) is 0.794. The maximum absolute atomic E-state index is 12.4. The summed E-state index contributed by atoms with van der Waals surface area (Å²) < 4.78 is 0. The first-order chi connectivity index (χ1) is 10.1. The zero-order valence-electron chi connectivity index (χ0n) is 12.7. The summed E-state index contributed by atoms with van der Waals surface area (Å²) in [6, 6.07) is 13.6. The van der Waals surface area contributed by atoms with Gasteiger partial charge >= 0.3 is 0 Å². The molecule has 0 unspecified atom stereocenters. The van der Waals surface area contributed by atoms with Crippen LogP contribution in [0.1, 0.15) is 29.8 Å². The highest BCUT2D eigenvalue weighted by Crippen LogP contribution is 2.27. The van der Waals surface area contributed by atoms with Gasteiger partial charge in [-0.2, -0.15) is 0 Å². The monoisotopic (exact) mass is 301 g/mol. The van der Waals surface area contributed by atoms with Gasteiger partial charge in [-0.1, -0.05) is 29.8 Å². The van der Waals surface area contributed by atoms with Crippen molar-refractivity contribution < 1.29 is 4.79 Å². The van der Waals surface area contributed by atoms with Gasteiger partial charge in [0.05, 0.1) is 0 Å². The van der Waals surface area contributed by atoms with E-state index < -0.39 is 0 Å². The van der Waals surface area contributed by atoms with Gasteiger partial charge in [-0.3, -0.25) is 4.79 Å². The van der Waals surface area contributed by atoms with Crippen LogP contribution in [0, 0.1) is 6.92 Å². The highest BCUT2D eigenvalue weighted by molar-refractivity contribution is 6.30. The molecular formula is C18H20ClNO. The van der Waals surface area contributed by atoms with Crippen LogP contribution in [0.5, 0.6) is 0 Å². The van der Waals surface area contributed by atoms with Crippen LogP contribution in [0.4, 0.5) is 0 Å². The Kier molecular flexibility index (Phi) is 5.03. The predicted octanol–water partition coefficient (Wildman–Crippen LogP) is 4.80.